The second kappa shape index (κ2) is 7.13. The van der Waals surface area contributed by atoms with Crippen molar-refractivity contribution >= 4 is 21.9 Å². The van der Waals surface area contributed by atoms with Crippen LogP contribution in [0.1, 0.15) is 15.9 Å². The molecule has 0 aliphatic carbocycles. The van der Waals surface area contributed by atoms with Crippen LogP contribution >= 0.6 is 15.9 Å². The fourth-order valence-corrected chi connectivity index (χ4v) is 2.27. The number of carbonyl (C=O) groups is 1. The van der Waals surface area contributed by atoms with Crippen molar-refractivity contribution in [1.82, 2.24) is 0 Å². The topological polar surface area (TPSA) is 44.8 Å². The lowest BCUT2D eigenvalue weighted by molar-refractivity contribution is 0.0600. The number of hydrogen-bond donors (Lipinski definition) is 0. The standard InChI is InChI=1S/C16H15BrO4/c1-19-14-7-6-12(16(18)20-2)9-15(14)21-10-11-4-3-5-13(17)8-11/h3-9H,10H2,1-2H3. The minimum Gasteiger partial charge on any atom is -0.493 e. The fraction of sp³-hybridized carbons (Fsp3) is 0.188. The minimum atomic E-state index is -0.412. The van der Waals surface area contributed by atoms with E-state index in [0.717, 1.165) is 10.0 Å². The van der Waals surface area contributed by atoms with E-state index in [9.17, 15) is 4.79 Å². The molecule has 5 heteroatoms. The Kier molecular flexibility index (Phi) is 5.22. The summed E-state index contributed by atoms with van der Waals surface area (Å²) >= 11 is 3.42. The molecule has 0 atom stereocenters. The SMILES string of the molecule is COC(=O)c1ccc(OC)c(OCc2cccc(Br)c2)c1. The molecule has 0 fully saturated rings. The summed E-state index contributed by atoms with van der Waals surface area (Å²) in [7, 11) is 2.90. The first kappa shape index (κ1) is 15.4. The molecular weight excluding hydrogens is 336 g/mol. The van der Waals surface area contributed by atoms with Crippen LogP contribution in [-0.4, -0.2) is 20.2 Å². The smallest absolute Gasteiger partial charge is 0.337 e. The predicted octanol–water partition coefficient (Wildman–Crippen LogP) is 3.82. The summed E-state index contributed by atoms with van der Waals surface area (Å²) in [5.74, 6) is 0.656. The van der Waals surface area contributed by atoms with E-state index in [4.69, 9.17) is 14.2 Å². The van der Waals surface area contributed by atoms with E-state index < -0.39 is 5.97 Å². The maximum absolute atomic E-state index is 11.6. The number of esters is 1. The van der Waals surface area contributed by atoms with Crippen LogP contribution < -0.4 is 9.47 Å². The molecule has 0 aliphatic heterocycles. The van der Waals surface area contributed by atoms with Crippen LogP contribution in [0, 0.1) is 0 Å². The first-order chi connectivity index (χ1) is 10.1. The van der Waals surface area contributed by atoms with Gasteiger partial charge in [0.25, 0.3) is 0 Å². The molecule has 4 nitrogen and oxygen atoms in total. The van der Waals surface area contributed by atoms with Crippen LogP contribution in [0.5, 0.6) is 11.5 Å². The van der Waals surface area contributed by atoms with Crippen molar-refractivity contribution in [3.8, 4) is 11.5 Å². The van der Waals surface area contributed by atoms with E-state index in [1.54, 1.807) is 25.3 Å². The summed E-state index contributed by atoms with van der Waals surface area (Å²) in [6.45, 7) is 0.375. The predicted molar refractivity (Wildman–Crippen MR) is 82.8 cm³/mol. The normalized spacial score (nSPS) is 10.0. The van der Waals surface area contributed by atoms with Crippen molar-refractivity contribution in [1.29, 1.82) is 0 Å². The van der Waals surface area contributed by atoms with Gasteiger partial charge in [-0.05, 0) is 35.9 Å². The van der Waals surface area contributed by atoms with Crippen molar-refractivity contribution in [2.24, 2.45) is 0 Å². The van der Waals surface area contributed by atoms with E-state index in [1.807, 2.05) is 24.3 Å². The van der Waals surface area contributed by atoms with E-state index in [-0.39, 0.29) is 0 Å². The molecule has 0 bridgehead atoms. The molecule has 0 saturated heterocycles. The Labute approximate surface area is 131 Å². The lowest BCUT2D eigenvalue weighted by Crippen LogP contribution is -2.03. The highest BCUT2D eigenvalue weighted by molar-refractivity contribution is 9.10. The quantitative estimate of drug-likeness (QED) is 0.769. The van der Waals surface area contributed by atoms with E-state index in [2.05, 4.69) is 15.9 Å². The van der Waals surface area contributed by atoms with Gasteiger partial charge in [0, 0.05) is 4.47 Å². The number of hydrogen-bond acceptors (Lipinski definition) is 4. The first-order valence-corrected chi connectivity index (χ1v) is 7.07. The first-order valence-electron chi connectivity index (χ1n) is 6.27. The number of carbonyl (C=O) groups excluding carboxylic acids is 1. The van der Waals surface area contributed by atoms with Gasteiger partial charge in [0.05, 0.1) is 19.8 Å². The van der Waals surface area contributed by atoms with E-state index in [0.29, 0.717) is 23.7 Å². The summed E-state index contributed by atoms with van der Waals surface area (Å²) in [6, 6.07) is 12.7. The summed E-state index contributed by atoms with van der Waals surface area (Å²) < 4.78 is 16.7. The second-order valence-electron chi connectivity index (χ2n) is 4.28. The van der Waals surface area contributed by atoms with E-state index >= 15 is 0 Å². The third-order valence-corrected chi connectivity index (χ3v) is 3.36. The zero-order valence-corrected chi connectivity index (χ0v) is 13.3. The molecule has 0 spiro atoms. The van der Waals surface area contributed by atoms with Gasteiger partial charge in [-0.2, -0.15) is 0 Å². The van der Waals surface area contributed by atoms with Crippen molar-refractivity contribution in [2.45, 2.75) is 6.61 Å². The Hall–Kier alpha value is -2.01. The lowest BCUT2D eigenvalue weighted by Gasteiger charge is -2.12. The average Bonchev–Trinajstić information content (AvgIpc) is 2.52. The minimum absolute atomic E-state index is 0.375. The summed E-state index contributed by atoms with van der Waals surface area (Å²) in [5, 5.41) is 0. The zero-order chi connectivity index (χ0) is 15.2. The molecule has 2 rings (SSSR count). The molecule has 0 aromatic heterocycles. The Morgan fingerprint density at radius 2 is 1.90 bits per heavy atom. The summed E-state index contributed by atoms with van der Waals surface area (Å²) in [5.41, 5.74) is 1.43. The Balaban J connectivity index is 2.19. The molecule has 0 unspecified atom stereocenters. The summed E-state index contributed by atoms with van der Waals surface area (Å²) in [4.78, 5) is 11.6. The average molecular weight is 351 g/mol. The van der Waals surface area contributed by atoms with Crippen LogP contribution in [-0.2, 0) is 11.3 Å². The summed E-state index contributed by atoms with van der Waals surface area (Å²) in [6.07, 6.45) is 0. The van der Waals surface area contributed by atoms with Gasteiger partial charge < -0.3 is 14.2 Å². The molecule has 2 aromatic carbocycles. The third-order valence-electron chi connectivity index (χ3n) is 2.87. The lowest BCUT2D eigenvalue weighted by atomic mass is 10.2. The Morgan fingerprint density at radius 1 is 1.10 bits per heavy atom. The monoisotopic (exact) mass is 350 g/mol. The molecule has 110 valence electrons. The highest BCUT2D eigenvalue weighted by Gasteiger charge is 2.11. The zero-order valence-electron chi connectivity index (χ0n) is 11.8. The van der Waals surface area contributed by atoms with Gasteiger partial charge in [0.2, 0.25) is 0 Å². The fourth-order valence-electron chi connectivity index (χ4n) is 1.82. The molecule has 2 aromatic rings. The van der Waals surface area contributed by atoms with Crippen molar-refractivity contribution in [3.05, 3.63) is 58.1 Å². The van der Waals surface area contributed by atoms with Gasteiger partial charge >= 0.3 is 5.97 Å². The third kappa shape index (κ3) is 3.98. The molecule has 0 heterocycles. The highest BCUT2D eigenvalue weighted by atomic mass is 79.9. The number of halogens is 1. The van der Waals surface area contributed by atoms with Crippen molar-refractivity contribution < 1.29 is 19.0 Å². The molecule has 0 aliphatic rings. The van der Waals surface area contributed by atoms with Crippen LogP contribution in [0.25, 0.3) is 0 Å². The van der Waals surface area contributed by atoms with Gasteiger partial charge in [-0.25, -0.2) is 4.79 Å². The van der Waals surface area contributed by atoms with E-state index in [1.165, 1.54) is 7.11 Å². The maximum Gasteiger partial charge on any atom is 0.337 e. The molecule has 0 saturated carbocycles. The Bertz CT molecular complexity index is 640. The van der Waals surface area contributed by atoms with Crippen molar-refractivity contribution in [3.63, 3.8) is 0 Å². The molecule has 0 N–H and O–H groups in total. The number of ether oxygens (including phenoxy) is 3. The number of rotatable bonds is 5. The van der Waals surface area contributed by atoms with Gasteiger partial charge in [0.1, 0.15) is 6.61 Å². The van der Waals surface area contributed by atoms with Gasteiger partial charge in [-0.3, -0.25) is 0 Å². The molecular formula is C16H15BrO4. The van der Waals surface area contributed by atoms with Crippen LogP contribution in [0.2, 0.25) is 0 Å². The largest absolute Gasteiger partial charge is 0.493 e. The molecule has 21 heavy (non-hydrogen) atoms. The molecule has 0 amide bonds. The van der Waals surface area contributed by atoms with Crippen LogP contribution in [0.4, 0.5) is 0 Å². The Morgan fingerprint density at radius 3 is 2.57 bits per heavy atom. The van der Waals surface area contributed by atoms with Gasteiger partial charge in [-0.1, -0.05) is 28.1 Å². The highest BCUT2D eigenvalue weighted by Crippen LogP contribution is 2.29. The number of benzene rings is 2. The molecule has 0 radical (unpaired) electrons. The van der Waals surface area contributed by atoms with Crippen LogP contribution in [0.3, 0.4) is 0 Å². The van der Waals surface area contributed by atoms with Crippen LogP contribution in [0.15, 0.2) is 46.9 Å². The van der Waals surface area contributed by atoms with Gasteiger partial charge in [0.15, 0.2) is 11.5 Å². The second-order valence-corrected chi connectivity index (χ2v) is 5.19. The number of methoxy groups -OCH3 is 2. The van der Waals surface area contributed by atoms with Crippen molar-refractivity contribution in [2.75, 3.05) is 14.2 Å². The van der Waals surface area contributed by atoms with Gasteiger partial charge in [-0.15, -0.1) is 0 Å². The maximum atomic E-state index is 11.6.